The lowest BCUT2D eigenvalue weighted by Gasteiger charge is -2.39. The van der Waals surface area contributed by atoms with Crippen molar-refractivity contribution in [2.75, 3.05) is 0 Å². The van der Waals surface area contributed by atoms with Crippen LogP contribution >= 0.6 is 47.0 Å². The summed E-state index contributed by atoms with van der Waals surface area (Å²) in [6, 6.07) is 48.2. The fraction of sp³-hybridized carbons (Fsp3) is 0.0400. The van der Waals surface area contributed by atoms with Gasteiger partial charge in [0.25, 0.3) is 0 Å². The highest BCUT2D eigenvalue weighted by Gasteiger charge is 2.44. The molecule has 7 aromatic carbocycles. The SMILES string of the molecule is C1=CC2=CC3=C(CC2C=C1)Sc1cc(Oc2ccccc2)cc2c1B3c1cc3c(cc1S2)Sc1cc(Oc2ccccc2)cc2c1B3c1cc3ccccc3cc1S2. The minimum absolute atomic E-state index is 0.109. The van der Waals surface area contributed by atoms with Gasteiger partial charge in [-0.05, 0) is 99.3 Å². The van der Waals surface area contributed by atoms with E-state index in [0.29, 0.717) is 5.92 Å². The first-order valence-corrected chi connectivity index (χ1v) is 23.0. The van der Waals surface area contributed by atoms with E-state index in [2.05, 4.69) is 103 Å². The minimum Gasteiger partial charge on any atom is -0.457 e. The van der Waals surface area contributed by atoms with Gasteiger partial charge in [0.1, 0.15) is 23.0 Å². The monoisotopic (exact) mass is 812 g/mol. The third-order valence-corrected chi connectivity index (χ3v) is 16.7. The summed E-state index contributed by atoms with van der Waals surface area (Å²) in [5.74, 6) is 3.88. The van der Waals surface area contributed by atoms with Crippen LogP contribution < -0.4 is 36.8 Å². The molecule has 0 amide bonds. The van der Waals surface area contributed by atoms with Crippen LogP contribution in [0.2, 0.25) is 0 Å². The summed E-state index contributed by atoms with van der Waals surface area (Å²) < 4.78 is 13.1. The average Bonchev–Trinajstić information content (AvgIpc) is 3.25. The van der Waals surface area contributed by atoms with Crippen molar-refractivity contribution in [2.24, 2.45) is 5.92 Å². The van der Waals surface area contributed by atoms with Crippen LogP contribution in [0.5, 0.6) is 23.0 Å². The smallest absolute Gasteiger partial charge is 0.247 e. The summed E-state index contributed by atoms with van der Waals surface area (Å²) in [7, 11) is 0. The average molecular weight is 813 g/mol. The van der Waals surface area contributed by atoms with E-state index >= 15 is 0 Å². The zero-order valence-corrected chi connectivity index (χ0v) is 34.2. The number of fused-ring (bicyclic) bond motifs is 9. The first kappa shape index (κ1) is 33.8. The van der Waals surface area contributed by atoms with E-state index in [1.54, 1.807) is 0 Å². The molecule has 4 aliphatic heterocycles. The number of allylic oxidation sites excluding steroid dienone is 8. The van der Waals surface area contributed by atoms with Crippen molar-refractivity contribution in [1.29, 1.82) is 0 Å². The molecule has 8 heteroatoms. The normalized spacial score (nSPS) is 17.3. The molecule has 2 nitrogen and oxygen atoms in total. The van der Waals surface area contributed by atoms with E-state index in [4.69, 9.17) is 9.47 Å². The molecule has 4 heterocycles. The van der Waals surface area contributed by atoms with Crippen molar-refractivity contribution in [3.63, 3.8) is 0 Å². The van der Waals surface area contributed by atoms with Gasteiger partial charge in [-0.3, -0.25) is 0 Å². The van der Waals surface area contributed by atoms with Crippen molar-refractivity contribution >= 4 is 98.6 Å². The number of hydrogen-bond acceptors (Lipinski definition) is 6. The zero-order chi connectivity index (χ0) is 37.9. The molecule has 0 aromatic heterocycles. The fourth-order valence-electron chi connectivity index (χ4n) is 9.51. The highest BCUT2D eigenvalue weighted by atomic mass is 32.2. The van der Waals surface area contributed by atoms with Gasteiger partial charge in [-0.25, -0.2) is 0 Å². The number of ether oxygens (including phenoxy) is 2. The summed E-state index contributed by atoms with van der Waals surface area (Å²) in [6.45, 7) is 0.250. The minimum atomic E-state index is 0.109. The summed E-state index contributed by atoms with van der Waals surface area (Å²) in [6.07, 6.45) is 12.7. The summed E-state index contributed by atoms with van der Waals surface area (Å²) in [5, 5.41) is 2.56. The molecule has 0 saturated carbocycles. The van der Waals surface area contributed by atoms with Gasteiger partial charge < -0.3 is 9.47 Å². The number of thioether (sulfide) groups is 1. The second kappa shape index (κ2) is 13.2. The Balaban J connectivity index is 1.01. The summed E-state index contributed by atoms with van der Waals surface area (Å²) >= 11 is 7.65. The molecular formula is C50H30B2O2S4. The van der Waals surface area contributed by atoms with E-state index in [9.17, 15) is 0 Å². The van der Waals surface area contributed by atoms with E-state index in [1.807, 2.05) is 108 Å². The van der Waals surface area contributed by atoms with Crippen LogP contribution in [-0.4, -0.2) is 13.4 Å². The standard InChI is InChI=1S/C50H30B2O2S4/c1-3-15-33(16-4-1)53-35-23-45-49-47(25-35)57-43-28-44-40(27-39(43)51(49)37-19-29-11-7-9-13-31(29)21-41(37)55-45)52-38-20-30-12-8-10-14-32(30)22-42(38)56-46-24-36(26-48(58-44)50(46)52)54-34-17-5-2-6-18-34/h1-21,23-28,32H,22H2. The molecule has 0 saturated heterocycles. The van der Waals surface area contributed by atoms with Gasteiger partial charge in [0, 0.05) is 40.2 Å². The molecule has 0 radical (unpaired) electrons. The van der Waals surface area contributed by atoms with Gasteiger partial charge >= 0.3 is 0 Å². The van der Waals surface area contributed by atoms with Gasteiger partial charge in [-0.15, -0.1) is 0 Å². The van der Waals surface area contributed by atoms with Crippen molar-refractivity contribution in [1.82, 2.24) is 0 Å². The molecule has 6 aliphatic rings. The largest absolute Gasteiger partial charge is 0.457 e. The first-order valence-electron chi connectivity index (χ1n) is 19.7. The predicted octanol–water partition coefficient (Wildman–Crippen LogP) is 10.9. The molecule has 0 fully saturated rings. The number of benzene rings is 7. The Kier molecular flexibility index (Phi) is 7.70. The molecule has 2 aliphatic carbocycles. The van der Waals surface area contributed by atoms with Crippen LogP contribution in [-0.2, 0) is 0 Å². The first-order chi connectivity index (χ1) is 28.7. The fourth-order valence-corrected chi connectivity index (χ4v) is 14.7. The molecule has 1 unspecified atom stereocenters. The Hall–Kier alpha value is -5.11. The highest BCUT2D eigenvalue weighted by Crippen LogP contribution is 2.50. The lowest BCUT2D eigenvalue weighted by molar-refractivity contribution is 0.480. The molecule has 0 N–H and O–H groups in total. The van der Waals surface area contributed by atoms with Gasteiger partial charge in [0.05, 0.1) is 0 Å². The third kappa shape index (κ3) is 5.42. The summed E-state index contributed by atoms with van der Waals surface area (Å²) in [5.41, 5.74) is 9.92. The third-order valence-electron chi connectivity index (χ3n) is 12.1. The number of hydrogen-bond donors (Lipinski definition) is 0. The summed E-state index contributed by atoms with van der Waals surface area (Å²) in [4.78, 5) is 10.6. The van der Waals surface area contributed by atoms with Crippen LogP contribution in [0.3, 0.4) is 0 Å². The van der Waals surface area contributed by atoms with Crippen molar-refractivity contribution in [2.45, 2.75) is 40.7 Å². The van der Waals surface area contributed by atoms with Gasteiger partial charge in [-0.2, -0.15) is 0 Å². The van der Waals surface area contributed by atoms with Crippen molar-refractivity contribution in [3.8, 4) is 23.0 Å². The Morgan fingerprint density at radius 1 is 0.466 bits per heavy atom. The van der Waals surface area contributed by atoms with E-state index in [0.717, 1.165) is 29.4 Å². The van der Waals surface area contributed by atoms with Crippen LogP contribution in [0.25, 0.3) is 10.8 Å². The Morgan fingerprint density at radius 3 is 1.66 bits per heavy atom. The zero-order valence-electron chi connectivity index (χ0n) is 31.0. The molecule has 272 valence electrons. The molecule has 0 spiro atoms. The topological polar surface area (TPSA) is 18.5 Å². The van der Waals surface area contributed by atoms with Gasteiger partial charge in [0.15, 0.2) is 0 Å². The van der Waals surface area contributed by atoms with E-state index in [1.165, 1.54) is 88.3 Å². The van der Waals surface area contributed by atoms with Gasteiger partial charge in [0.2, 0.25) is 13.4 Å². The van der Waals surface area contributed by atoms with E-state index < -0.39 is 0 Å². The van der Waals surface area contributed by atoms with Crippen LogP contribution in [0, 0.1) is 5.92 Å². The molecule has 13 rings (SSSR count). The highest BCUT2D eigenvalue weighted by molar-refractivity contribution is 8.04. The Morgan fingerprint density at radius 2 is 1.00 bits per heavy atom. The van der Waals surface area contributed by atoms with Crippen LogP contribution in [0.4, 0.5) is 0 Å². The second-order valence-electron chi connectivity index (χ2n) is 15.5. The van der Waals surface area contributed by atoms with Crippen LogP contribution in [0.1, 0.15) is 6.42 Å². The maximum absolute atomic E-state index is 6.56. The number of para-hydroxylation sites is 2. The maximum atomic E-state index is 6.56. The molecule has 0 bridgehead atoms. The predicted molar refractivity (Wildman–Crippen MR) is 246 cm³/mol. The maximum Gasteiger partial charge on any atom is 0.247 e. The lowest BCUT2D eigenvalue weighted by atomic mass is 9.32. The van der Waals surface area contributed by atoms with Gasteiger partial charge in [-0.1, -0.05) is 172 Å². The number of rotatable bonds is 4. The molecular weight excluding hydrogens is 782 g/mol. The molecule has 7 aromatic rings. The van der Waals surface area contributed by atoms with Crippen molar-refractivity contribution in [3.05, 3.63) is 180 Å². The Labute approximate surface area is 355 Å². The second-order valence-corrected chi connectivity index (χ2v) is 19.9. The van der Waals surface area contributed by atoms with Crippen molar-refractivity contribution < 1.29 is 9.47 Å². The quantitative estimate of drug-likeness (QED) is 0.164. The van der Waals surface area contributed by atoms with Crippen LogP contribution in [0.15, 0.2) is 214 Å². The molecule has 58 heavy (non-hydrogen) atoms. The lowest BCUT2D eigenvalue weighted by Crippen LogP contribution is -2.60. The molecule has 1 atom stereocenters. The van der Waals surface area contributed by atoms with E-state index in [-0.39, 0.29) is 13.4 Å². The Bertz CT molecular complexity index is 3060.